The van der Waals surface area contributed by atoms with Gasteiger partial charge in [0.05, 0.1) is 13.7 Å². The minimum absolute atomic E-state index is 0.0148. The van der Waals surface area contributed by atoms with E-state index in [4.69, 9.17) is 9.47 Å². The summed E-state index contributed by atoms with van der Waals surface area (Å²) >= 11 is 0. The number of carbonyl (C=O) groups is 1. The zero-order valence-corrected chi connectivity index (χ0v) is 14.2. The van der Waals surface area contributed by atoms with Gasteiger partial charge in [-0.1, -0.05) is 6.07 Å². The first-order valence-corrected chi connectivity index (χ1v) is 7.75. The third kappa shape index (κ3) is 2.62. The normalized spacial score (nSPS) is 16.4. The monoisotopic (exact) mass is 328 g/mol. The Morgan fingerprint density at radius 3 is 2.83 bits per heavy atom. The zero-order chi connectivity index (χ0) is 17.3. The number of benzene rings is 1. The van der Waals surface area contributed by atoms with Gasteiger partial charge in [-0.15, -0.1) is 0 Å². The molecule has 1 atom stereocenters. The van der Waals surface area contributed by atoms with E-state index in [-0.39, 0.29) is 11.8 Å². The molecule has 1 aromatic carbocycles. The highest BCUT2D eigenvalue weighted by molar-refractivity contribution is 5.96. The van der Waals surface area contributed by atoms with E-state index in [2.05, 4.69) is 15.4 Å². The molecule has 0 saturated carbocycles. The van der Waals surface area contributed by atoms with E-state index in [1.807, 2.05) is 32.0 Å². The number of aromatic nitrogens is 3. The van der Waals surface area contributed by atoms with Crippen molar-refractivity contribution in [3.8, 4) is 11.5 Å². The van der Waals surface area contributed by atoms with Crippen LogP contribution in [0.5, 0.6) is 11.5 Å². The van der Waals surface area contributed by atoms with Gasteiger partial charge in [0, 0.05) is 11.3 Å². The summed E-state index contributed by atoms with van der Waals surface area (Å²) in [5, 5.41) is 7.40. The number of ether oxygens (including phenoxy) is 2. The SMILES string of the molecule is CCOc1ccc([C@H]2C(C(C)=O)=C(C)Nc3ncnn32)cc1OC. The van der Waals surface area contributed by atoms with Crippen LogP contribution in [-0.2, 0) is 4.79 Å². The predicted octanol–water partition coefficient (Wildman–Crippen LogP) is 2.56. The van der Waals surface area contributed by atoms with E-state index in [0.29, 0.717) is 29.6 Å². The maximum Gasteiger partial charge on any atom is 0.226 e. The highest BCUT2D eigenvalue weighted by Crippen LogP contribution is 2.38. The van der Waals surface area contributed by atoms with Crippen LogP contribution in [0.25, 0.3) is 0 Å². The molecule has 24 heavy (non-hydrogen) atoms. The maximum absolute atomic E-state index is 12.2. The fraction of sp³-hybridized carbons (Fsp3) is 0.353. The Bertz CT molecular complexity index is 810. The standard InChI is InChI=1S/C17H20N4O3/c1-5-24-13-7-6-12(8-14(13)23-4)16-15(11(3)22)10(2)20-17-18-9-19-21(16)17/h6-9,16H,5H2,1-4H3,(H,18,19,20)/t16-/m0/s1. The van der Waals surface area contributed by atoms with Gasteiger partial charge in [0.25, 0.3) is 0 Å². The van der Waals surface area contributed by atoms with Gasteiger partial charge in [-0.2, -0.15) is 10.1 Å². The third-order valence-corrected chi connectivity index (χ3v) is 3.98. The number of nitrogens with one attached hydrogen (secondary N) is 1. The van der Waals surface area contributed by atoms with Crippen molar-refractivity contribution in [2.45, 2.75) is 26.8 Å². The Morgan fingerprint density at radius 2 is 2.17 bits per heavy atom. The number of methoxy groups -OCH3 is 1. The number of nitrogens with zero attached hydrogens (tertiary/aromatic N) is 3. The molecule has 7 heteroatoms. The molecule has 0 radical (unpaired) electrons. The second-order valence-corrected chi connectivity index (χ2v) is 5.49. The van der Waals surface area contributed by atoms with Crippen molar-refractivity contribution < 1.29 is 14.3 Å². The zero-order valence-electron chi connectivity index (χ0n) is 14.2. The van der Waals surface area contributed by atoms with Gasteiger partial charge in [-0.25, -0.2) is 4.68 Å². The second-order valence-electron chi connectivity index (χ2n) is 5.49. The number of anilines is 1. The van der Waals surface area contributed by atoms with E-state index in [1.165, 1.54) is 6.33 Å². The molecular weight excluding hydrogens is 308 g/mol. The van der Waals surface area contributed by atoms with Crippen LogP contribution in [0.4, 0.5) is 5.95 Å². The number of hydrogen-bond acceptors (Lipinski definition) is 6. The lowest BCUT2D eigenvalue weighted by Crippen LogP contribution is -2.27. The average molecular weight is 328 g/mol. The molecule has 0 bridgehead atoms. The third-order valence-electron chi connectivity index (χ3n) is 3.98. The van der Waals surface area contributed by atoms with Crippen molar-refractivity contribution in [3.05, 3.63) is 41.4 Å². The molecule has 1 N–H and O–H groups in total. The first-order chi connectivity index (χ1) is 11.6. The van der Waals surface area contributed by atoms with Crippen LogP contribution in [0.2, 0.25) is 0 Å². The first-order valence-electron chi connectivity index (χ1n) is 7.75. The Morgan fingerprint density at radius 1 is 1.38 bits per heavy atom. The molecule has 2 aromatic rings. The molecule has 0 saturated heterocycles. The Labute approximate surface area is 140 Å². The minimum Gasteiger partial charge on any atom is -0.493 e. The Kier molecular flexibility index (Phi) is 4.24. The van der Waals surface area contributed by atoms with E-state index in [1.54, 1.807) is 18.7 Å². The molecular formula is C17H20N4O3. The fourth-order valence-corrected chi connectivity index (χ4v) is 2.98. The molecule has 0 fully saturated rings. The molecule has 1 aromatic heterocycles. The van der Waals surface area contributed by atoms with Crippen molar-refractivity contribution in [1.29, 1.82) is 0 Å². The smallest absolute Gasteiger partial charge is 0.226 e. The van der Waals surface area contributed by atoms with E-state index in [0.717, 1.165) is 11.3 Å². The van der Waals surface area contributed by atoms with Crippen LogP contribution < -0.4 is 14.8 Å². The second kappa shape index (κ2) is 6.35. The Hall–Kier alpha value is -2.83. The van der Waals surface area contributed by atoms with Gasteiger partial charge in [0.15, 0.2) is 17.3 Å². The van der Waals surface area contributed by atoms with E-state index >= 15 is 0 Å². The van der Waals surface area contributed by atoms with Gasteiger partial charge in [0.1, 0.15) is 12.4 Å². The molecule has 0 aliphatic carbocycles. The van der Waals surface area contributed by atoms with Crippen LogP contribution in [0.15, 0.2) is 35.8 Å². The number of fused-ring (bicyclic) bond motifs is 1. The lowest BCUT2D eigenvalue weighted by atomic mass is 9.93. The maximum atomic E-state index is 12.2. The topological polar surface area (TPSA) is 78.3 Å². The molecule has 7 nitrogen and oxygen atoms in total. The minimum atomic E-state index is -0.356. The van der Waals surface area contributed by atoms with Crippen molar-refractivity contribution in [3.63, 3.8) is 0 Å². The lowest BCUT2D eigenvalue weighted by molar-refractivity contribution is -0.114. The summed E-state index contributed by atoms with van der Waals surface area (Å²) in [7, 11) is 1.60. The average Bonchev–Trinajstić information content (AvgIpc) is 3.01. The van der Waals surface area contributed by atoms with Gasteiger partial charge in [0.2, 0.25) is 5.95 Å². The van der Waals surface area contributed by atoms with Crippen LogP contribution >= 0.6 is 0 Å². The quantitative estimate of drug-likeness (QED) is 0.909. The predicted molar refractivity (Wildman–Crippen MR) is 89.3 cm³/mol. The number of allylic oxidation sites excluding steroid dienone is 2. The molecule has 126 valence electrons. The summed E-state index contributed by atoms with van der Waals surface area (Å²) in [6, 6.07) is 5.29. The molecule has 3 rings (SSSR count). The summed E-state index contributed by atoms with van der Waals surface area (Å²) in [6.07, 6.45) is 1.47. The first kappa shape index (κ1) is 16.0. The van der Waals surface area contributed by atoms with Crippen molar-refractivity contribution in [2.24, 2.45) is 0 Å². The van der Waals surface area contributed by atoms with Crippen LogP contribution in [0, 0.1) is 0 Å². The molecule has 2 heterocycles. The van der Waals surface area contributed by atoms with E-state index < -0.39 is 0 Å². The van der Waals surface area contributed by atoms with Crippen LogP contribution in [0.3, 0.4) is 0 Å². The van der Waals surface area contributed by atoms with Gasteiger partial charge in [-0.05, 0) is 38.5 Å². The van der Waals surface area contributed by atoms with Gasteiger partial charge in [-0.3, -0.25) is 4.79 Å². The number of hydrogen-bond donors (Lipinski definition) is 1. The Balaban J connectivity index is 2.14. The summed E-state index contributed by atoms with van der Waals surface area (Å²) in [5.41, 5.74) is 2.31. The summed E-state index contributed by atoms with van der Waals surface area (Å²) in [4.78, 5) is 16.4. The molecule has 0 amide bonds. The molecule has 0 spiro atoms. The molecule has 1 aliphatic heterocycles. The summed E-state index contributed by atoms with van der Waals surface area (Å²) in [6.45, 7) is 5.89. The lowest BCUT2D eigenvalue weighted by Gasteiger charge is -2.28. The summed E-state index contributed by atoms with van der Waals surface area (Å²) in [5.74, 6) is 1.88. The number of Topliss-reactive ketones (excluding diaryl/α,β-unsaturated/α-hetero) is 1. The fourth-order valence-electron chi connectivity index (χ4n) is 2.98. The highest BCUT2D eigenvalue weighted by atomic mass is 16.5. The molecule has 0 unspecified atom stereocenters. The number of rotatable bonds is 5. The van der Waals surface area contributed by atoms with Crippen molar-refractivity contribution in [1.82, 2.24) is 14.8 Å². The number of carbonyl (C=O) groups excluding carboxylic acids is 1. The number of ketones is 1. The highest BCUT2D eigenvalue weighted by Gasteiger charge is 2.32. The van der Waals surface area contributed by atoms with Crippen molar-refractivity contribution in [2.75, 3.05) is 19.0 Å². The van der Waals surface area contributed by atoms with E-state index in [9.17, 15) is 4.79 Å². The van der Waals surface area contributed by atoms with Crippen molar-refractivity contribution >= 4 is 11.7 Å². The largest absolute Gasteiger partial charge is 0.493 e. The van der Waals surface area contributed by atoms with Crippen LogP contribution in [-0.4, -0.2) is 34.3 Å². The molecule has 1 aliphatic rings. The summed E-state index contributed by atoms with van der Waals surface area (Å²) < 4.78 is 12.7. The van der Waals surface area contributed by atoms with Crippen LogP contribution in [0.1, 0.15) is 32.4 Å². The van der Waals surface area contributed by atoms with Gasteiger partial charge < -0.3 is 14.8 Å². The van der Waals surface area contributed by atoms with Gasteiger partial charge >= 0.3 is 0 Å².